The number of carbonyl (C=O) groups is 1. The Kier molecular flexibility index (Phi) is 3.70. The van der Waals surface area contributed by atoms with Crippen molar-refractivity contribution in [2.45, 2.75) is 25.5 Å². The zero-order valence-electron chi connectivity index (χ0n) is 9.30. The summed E-state index contributed by atoms with van der Waals surface area (Å²) in [5.41, 5.74) is 1.94. The highest BCUT2D eigenvalue weighted by atomic mass is 16.3. The number of carbonyl (C=O) groups excluding carboxylic acids is 1. The van der Waals surface area contributed by atoms with Crippen LogP contribution in [0.3, 0.4) is 0 Å². The monoisotopic (exact) mass is 219 g/mol. The number of likely N-dealkylation sites (tertiary alicyclic amines) is 1. The number of piperidine rings is 1. The Balaban J connectivity index is 1.91. The molecule has 2 rings (SSSR count). The Hall–Kier alpha value is -1.19. The predicted molar refractivity (Wildman–Crippen MR) is 62.3 cm³/mol. The van der Waals surface area contributed by atoms with E-state index in [0.717, 1.165) is 44.3 Å². The van der Waals surface area contributed by atoms with Crippen LogP contribution in [0.15, 0.2) is 24.3 Å². The third kappa shape index (κ3) is 2.90. The second-order valence-corrected chi connectivity index (χ2v) is 4.37. The molecular weight excluding hydrogens is 202 g/mol. The first-order chi connectivity index (χ1) is 7.78. The largest absolute Gasteiger partial charge is 0.393 e. The van der Waals surface area contributed by atoms with Crippen LogP contribution in [-0.2, 0) is 6.54 Å². The minimum atomic E-state index is -0.117. The fourth-order valence-corrected chi connectivity index (χ4v) is 2.04. The van der Waals surface area contributed by atoms with Gasteiger partial charge >= 0.3 is 0 Å². The number of aliphatic hydroxyl groups is 1. The van der Waals surface area contributed by atoms with E-state index in [1.807, 2.05) is 24.3 Å². The molecular formula is C13H17NO2. The fourth-order valence-electron chi connectivity index (χ4n) is 2.04. The number of hydrogen-bond donors (Lipinski definition) is 1. The molecule has 16 heavy (non-hydrogen) atoms. The molecule has 3 nitrogen and oxygen atoms in total. The smallest absolute Gasteiger partial charge is 0.150 e. The number of aldehydes is 1. The lowest BCUT2D eigenvalue weighted by molar-refractivity contribution is 0.0792. The van der Waals surface area contributed by atoms with Crippen LogP contribution in [0, 0.1) is 0 Å². The van der Waals surface area contributed by atoms with Crippen molar-refractivity contribution in [1.29, 1.82) is 0 Å². The molecule has 1 aliphatic heterocycles. The second kappa shape index (κ2) is 5.23. The molecule has 0 aliphatic carbocycles. The Labute approximate surface area is 95.7 Å². The van der Waals surface area contributed by atoms with Crippen molar-refractivity contribution in [3.8, 4) is 0 Å². The molecule has 0 atom stereocenters. The minimum Gasteiger partial charge on any atom is -0.393 e. The maximum Gasteiger partial charge on any atom is 0.150 e. The van der Waals surface area contributed by atoms with Gasteiger partial charge in [0.05, 0.1) is 6.10 Å². The molecule has 0 radical (unpaired) electrons. The zero-order chi connectivity index (χ0) is 11.4. The Bertz CT molecular complexity index is 339. The summed E-state index contributed by atoms with van der Waals surface area (Å²) in [6.45, 7) is 2.82. The van der Waals surface area contributed by atoms with E-state index in [1.54, 1.807) is 0 Å². The van der Waals surface area contributed by atoms with Crippen LogP contribution >= 0.6 is 0 Å². The van der Waals surface area contributed by atoms with Crippen LogP contribution < -0.4 is 0 Å². The van der Waals surface area contributed by atoms with E-state index in [4.69, 9.17) is 0 Å². The third-order valence-corrected chi connectivity index (χ3v) is 3.08. The third-order valence-electron chi connectivity index (χ3n) is 3.08. The summed E-state index contributed by atoms with van der Waals surface area (Å²) in [6, 6.07) is 7.69. The van der Waals surface area contributed by atoms with Gasteiger partial charge in [-0.25, -0.2) is 0 Å². The molecule has 1 aromatic rings. The SMILES string of the molecule is O=Cc1ccc(CN2CCC(O)CC2)cc1. The number of nitrogens with zero attached hydrogens (tertiary/aromatic N) is 1. The van der Waals surface area contributed by atoms with Gasteiger partial charge in [0.2, 0.25) is 0 Å². The van der Waals surface area contributed by atoms with Crippen molar-refractivity contribution >= 4 is 6.29 Å². The zero-order valence-corrected chi connectivity index (χ0v) is 9.30. The standard InChI is InChI=1S/C13H17NO2/c15-10-12-3-1-11(2-4-12)9-14-7-5-13(16)6-8-14/h1-4,10,13,16H,5-9H2. The number of aliphatic hydroxyl groups excluding tert-OH is 1. The van der Waals surface area contributed by atoms with E-state index in [0.29, 0.717) is 0 Å². The molecule has 1 aromatic carbocycles. The maximum atomic E-state index is 10.5. The van der Waals surface area contributed by atoms with Crippen LogP contribution in [0.2, 0.25) is 0 Å². The highest BCUT2D eigenvalue weighted by Crippen LogP contribution is 2.13. The first-order valence-electron chi connectivity index (χ1n) is 5.72. The van der Waals surface area contributed by atoms with Crippen molar-refractivity contribution < 1.29 is 9.90 Å². The summed E-state index contributed by atoms with van der Waals surface area (Å²) in [4.78, 5) is 12.8. The lowest BCUT2D eigenvalue weighted by Gasteiger charge is -2.29. The van der Waals surface area contributed by atoms with Gasteiger partial charge in [-0.3, -0.25) is 9.69 Å². The molecule has 0 spiro atoms. The topological polar surface area (TPSA) is 40.5 Å². The molecule has 0 bridgehead atoms. The molecule has 1 aliphatic rings. The number of benzene rings is 1. The van der Waals surface area contributed by atoms with Crippen LogP contribution in [0.5, 0.6) is 0 Å². The molecule has 0 unspecified atom stereocenters. The van der Waals surface area contributed by atoms with Crippen molar-refractivity contribution in [1.82, 2.24) is 4.90 Å². The van der Waals surface area contributed by atoms with Gasteiger partial charge < -0.3 is 5.11 Å². The van der Waals surface area contributed by atoms with Gasteiger partial charge in [-0.15, -0.1) is 0 Å². The Morgan fingerprint density at radius 3 is 2.44 bits per heavy atom. The van der Waals surface area contributed by atoms with E-state index in [-0.39, 0.29) is 6.10 Å². The van der Waals surface area contributed by atoms with Crippen molar-refractivity contribution in [2.24, 2.45) is 0 Å². The molecule has 0 aromatic heterocycles. The first kappa shape index (κ1) is 11.3. The Morgan fingerprint density at radius 1 is 1.25 bits per heavy atom. The fraction of sp³-hybridized carbons (Fsp3) is 0.462. The van der Waals surface area contributed by atoms with E-state index in [9.17, 15) is 9.90 Å². The predicted octanol–water partition coefficient (Wildman–Crippen LogP) is 1.46. The van der Waals surface area contributed by atoms with E-state index in [2.05, 4.69) is 4.90 Å². The van der Waals surface area contributed by atoms with Gasteiger partial charge in [0.25, 0.3) is 0 Å². The highest BCUT2D eigenvalue weighted by Gasteiger charge is 2.16. The van der Waals surface area contributed by atoms with Gasteiger partial charge in [-0.1, -0.05) is 24.3 Å². The van der Waals surface area contributed by atoms with Gasteiger partial charge in [-0.05, 0) is 18.4 Å². The van der Waals surface area contributed by atoms with E-state index >= 15 is 0 Å². The van der Waals surface area contributed by atoms with Crippen molar-refractivity contribution in [3.63, 3.8) is 0 Å². The average Bonchev–Trinajstić information content (AvgIpc) is 2.33. The maximum absolute atomic E-state index is 10.5. The van der Waals surface area contributed by atoms with E-state index < -0.39 is 0 Å². The van der Waals surface area contributed by atoms with Gasteiger partial charge in [0.1, 0.15) is 6.29 Å². The second-order valence-electron chi connectivity index (χ2n) is 4.37. The van der Waals surface area contributed by atoms with Crippen LogP contribution in [0.4, 0.5) is 0 Å². The summed E-state index contributed by atoms with van der Waals surface area (Å²) in [6.07, 6.45) is 2.48. The molecule has 86 valence electrons. The van der Waals surface area contributed by atoms with Gasteiger partial charge in [0.15, 0.2) is 0 Å². The summed E-state index contributed by atoms with van der Waals surface area (Å²) >= 11 is 0. The summed E-state index contributed by atoms with van der Waals surface area (Å²) in [7, 11) is 0. The molecule has 1 N–H and O–H groups in total. The molecule has 1 fully saturated rings. The average molecular weight is 219 g/mol. The molecule has 0 saturated carbocycles. The van der Waals surface area contributed by atoms with Crippen LogP contribution in [0.25, 0.3) is 0 Å². The molecule has 3 heteroatoms. The van der Waals surface area contributed by atoms with Crippen molar-refractivity contribution in [2.75, 3.05) is 13.1 Å². The lowest BCUT2D eigenvalue weighted by Crippen LogP contribution is -2.35. The van der Waals surface area contributed by atoms with Crippen LogP contribution in [-0.4, -0.2) is 35.5 Å². The molecule has 1 saturated heterocycles. The van der Waals surface area contributed by atoms with Gasteiger partial charge in [0, 0.05) is 25.2 Å². The summed E-state index contributed by atoms with van der Waals surface area (Å²) in [5, 5.41) is 9.40. The minimum absolute atomic E-state index is 0.117. The normalized spacial score (nSPS) is 18.6. The van der Waals surface area contributed by atoms with E-state index in [1.165, 1.54) is 5.56 Å². The van der Waals surface area contributed by atoms with Gasteiger partial charge in [-0.2, -0.15) is 0 Å². The lowest BCUT2D eigenvalue weighted by atomic mass is 10.1. The molecule has 1 heterocycles. The number of hydrogen-bond acceptors (Lipinski definition) is 3. The highest BCUT2D eigenvalue weighted by molar-refractivity contribution is 5.74. The number of rotatable bonds is 3. The molecule has 0 amide bonds. The Morgan fingerprint density at radius 2 is 1.88 bits per heavy atom. The summed E-state index contributed by atoms with van der Waals surface area (Å²) in [5.74, 6) is 0. The first-order valence-corrected chi connectivity index (χ1v) is 5.72. The summed E-state index contributed by atoms with van der Waals surface area (Å²) < 4.78 is 0. The van der Waals surface area contributed by atoms with Crippen molar-refractivity contribution in [3.05, 3.63) is 35.4 Å². The van der Waals surface area contributed by atoms with Crippen LogP contribution in [0.1, 0.15) is 28.8 Å². The quantitative estimate of drug-likeness (QED) is 0.782.